The summed E-state index contributed by atoms with van der Waals surface area (Å²) in [6, 6.07) is 6.23. The van der Waals surface area contributed by atoms with Crippen LogP contribution in [0.5, 0.6) is 0 Å². The molecule has 0 bridgehead atoms. The molecule has 1 aliphatic rings. The average Bonchev–Trinajstić information content (AvgIpc) is 2.44. The van der Waals surface area contributed by atoms with Crippen molar-refractivity contribution in [2.24, 2.45) is 0 Å². The summed E-state index contributed by atoms with van der Waals surface area (Å²) in [4.78, 5) is 11.1. The second-order valence-corrected chi connectivity index (χ2v) is 3.47. The van der Waals surface area contributed by atoms with Crippen molar-refractivity contribution in [2.45, 2.75) is 26.2 Å². The quantitative estimate of drug-likeness (QED) is 0.733. The van der Waals surface area contributed by atoms with Gasteiger partial charge < -0.3 is 5.32 Å². The van der Waals surface area contributed by atoms with Crippen molar-refractivity contribution in [3.63, 3.8) is 0 Å². The van der Waals surface area contributed by atoms with Crippen LogP contribution < -0.4 is 5.32 Å². The van der Waals surface area contributed by atoms with Crippen LogP contribution in [0.15, 0.2) is 18.2 Å². The van der Waals surface area contributed by atoms with Crippen molar-refractivity contribution in [3.05, 3.63) is 29.3 Å². The van der Waals surface area contributed by atoms with Crippen LogP contribution in [0.3, 0.4) is 0 Å². The minimum atomic E-state index is 0.114. The third-order valence-corrected chi connectivity index (χ3v) is 2.33. The van der Waals surface area contributed by atoms with Gasteiger partial charge in [-0.1, -0.05) is 25.5 Å². The van der Waals surface area contributed by atoms with Gasteiger partial charge in [-0.25, -0.2) is 0 Å². The zero-order valence-electron chi connectivity index (χ0n) is 7.76. The molecule has 0 saturated heterocycles. The zero-order valence-corrected chi connectivity index (χ0v) is 7.76. The van der Waals surface area contributed by atoms with Crippen LogP contribution in [0.25, 0.3) is 0 Å². The number of aryl methyl sites for hydroxylation is 1. The van der Waals surface area contributed by atoms with E-state index in [1.54, 1.807) is 0 Å². The Kier molecular flexibility index (Phi) is 2.05. The highest BCUT2D eigenvalue weighted by Gasteiger charge is 2.16. The van der Waals surface area contributed by atoms with Gasteiger partial charge in [-0.15, -0.1) is 0 Å². The molecule has 1 aromatic rings. The van der Waals surface area contributed by atoms with E-state index in [0.717, 1.165) is 24.1 Å². The van der Waals surface area contributed by atoms with Crippen molar-refractivity contribution >= 4 is 11.6 Å². The number of anilines is 1. The topological polar surface area (TPSA) is 29.1 Å². The third-order valence-electron chi connectivity index (χ3n) is 2.33. The van der Waals surface area contributed by atoms with E-state index in [1.165, 1.54) is 5.56 Å². The summed E-state index contributed by atoms with van der Waals surface area (Å²) in [6.45, 7) is 2.16. The first-order valence-corrected chi connectivity index (χ1v) is 4.71. The molecule has 1 aromatic carbocycles. The summed E-state index contributed by atoms with van der Waals surface area (Å²) >= 11 is 0. The van der Waals surface area contributed by atoms with Crippen molar-refractivity contribution in [3.8, 4) is 0 Å². The number of rotatable bonds is 2. The van der Waals surface area contributed by atoms with E-state index in [-0.39, 0.29) is 5.91 Å². The Morgan fingerprint density at radius 3 is 3.08 bits per heavy atom. The van der Waals surface area contributed by atoms with Crippen molar-refractivity contribution < 1.29 is 4.79 Å². The van der Waals surface area contributed by atoms with E-state index >= 15 is 0 Å². The van der Waals surface area contributed by atoms with Gasteiger partial charge >= 0.3 is 0 Å². The lowest BCUT2D eigenvalue weighted by molar-refractivity contribution is -0.115. The average molecular weight is 175 g/mol. The van der Waals surface area contributed by atoms with E-state index in [1.807, 2.05) is 6.07 Å². The number of carbonyl (C=O) groups is 1. The van der Waals surface area contributed by atoms with Crippen molar-refractivity contribution in [1.82, 2.24) is 0 Å². The molecule has 2 rings (SSSR count). The zero-order chi connectivity index (χ0) is 9.26. The number of nitrogens with one attached hydrogen (secondary N) is 1. The fraction of sp³-hybridized carbons (Fsp3) is 0.364. The summed E-state index contributed by atoms with van der Waals surface area (Å²) in [6.07, 6.45) is 2.80. The molecule has 0 fully saturated rings. The van der Waals surface area contributed by atoms with Gasteiger partial charge in [-0.2, -0.15) is 0 Å². The highest BCUT2D eigenvalue weighted by molar-refractivity contribution is 5.99. The predicted molar refractivity (Wildman–Crippen MR) is 52.8 cm³/mol. The Labute approximate surface area is 78.0 Å². The molecule has 2 heteroatoms. The maximum Gasteiger partial charge on any atom is 0.228 e. The van der Waals surface area contributed by atoms with Gasteiger partial charge in [0.15, 0.2) is 0 Å². The summed E-state index contributed by atoms with van der Waals surface area (Å²) in [5.74, 6) is 0.114. The molecule has 1 amide bonds. The minimum absolute atomic E-state index is 0.114. The van der Waals surface area contributed by atoms with Crippen LogP contribution in [0.1, 0.15) is 24.5 Å². The molecule has 0 atom stereocenters. The van der Waals surface area contributed by atoms with Gasteiger partial charge in [0.2, 0.25) is 5.91 Å². The van der Waals surface area contributed by atoms with Gasteiger partial charge in [-0.05, 0) is 23.6 Å². The molecule has 0 saturated carbocycles. The highest BCUT2D eigenvalue weighted by atomic mass is 16.1. The second-order valence-electron chi connectivity index (χ2n) is 3.47. The van der Waals surface area contributed by atoms with E-state index in [4.69, 9.17) is 0 Å². The standard InChI is InChI=1S/C11H13NO/c1-2-3-8-4-5-10-9(6-8)7-11(13)12-10/h4-6H,2-3,7H2,1H3,(H,12,13). The first kappa shape index (κ1) is 8.30. The summed E-state index contributed by atoms with van der Waals surface area (Å²) in [5.41, 5.74) is 3.47. The number of fused-ring (bicyclic) bond motifs is 1. The summed E-state index contributed by atoms with van der Waals surface area (Å²) in [5, 5.41) is 2.83. The van der Waals surface area contributed by atoms with Crippen LogP contribution in [0, 0.1) is 0 Å². The molecule has 1 aliphatic heterocycles. The van der Waals surface area contributed by atoms with Crippen LogP contribution in [0.2, 0.25) is 0 Å². The smallest absolute Gasteiger partial charge is 0.228 e. The molecular weight excluding hydrogens is 162 g/mol. The van der Waals surface area contributed by atoms with Crippen LogP contribution in [-0.2, 0) is 17.6 Å². The van der Waals surface area contributed by atoms with E-state index < -0.39 is 0 Å². The Morgan fingerprint density at radius 2 is 2.31 bits per heavy atom. The number of benzene rings is 1. The van der Waals surface area contributed by atoms with Gasteiger partial charge in [0.1, 0.15) is 0 Å². The Hall–Kier alpha value is -1.31. The molecule has 0 unspecified atom stereocenters. The van der Waals surface area contributed by atoms with Gasteiger partial charge in [0.05, 0.1) is 6.42 Å². The Bertz CT molecular complexity index is 344. The Balaban J connectivity index is 2.29. The molecule has 0 radical (unpaired) electrons. The molecule has 0 aromatic heterocycles. The molecular formula is C11H13NO. The number of carbonyl (C=O) groups excluding carboxylic acids is 1. The Morgan fingerprint density at radius 1 is 1.46 bits per heavy atom. The SMILES string of the molecule is CCCc1ccc2c(c1)CC(=O)N2. The van der Waals surface area contributed by atoms with Crippen molar-refractivity contribution in [1.29, 1.82) is 0 Å². The highest BCUT2D eigenvalue weighted by Crippen LogP contribution is 2.24. The van der Waals surface area contributed by atoms with E-state index in [2.05, 4.69) is 24.4 Å². The molecule has 68 valence electrons. The normalized spacial score (nSPS) is 14.1. The molecule has 1 heterocycles. The van der Waals surface area contributed by atoms with Crippen molar-refractivity contribution in [2.75, 3.05) is 5.32 Å². The van der Waals surface area contributed by atoms with Crippen LogP contribution in [-0.4, -0.2) is 5.91 Å². The second kappa shape index (κ2) is 3.21. The maximum atomic E-state index is 11.1. The fourth-order valence-electron chi connectivity index (χ4n) is 1.73. The molecule has 0 spiro atoms. The van der Waals surface area contributed by atoms with Gasteiger partial charge in [0.25, 0.3) is 0 Å². The molecule has 2 nitrogen and oxygen atoms in total. The molecule has 1 N–H and O–H groups in total. The first-order valence-electron chi connectivity index (χ1n) is 4.71. The predicted octanol–water partition coefficient (Wildman–Crippen LogP) is 2.13. The molecule has 13 heavy (non-hydrogen) atoms. The monoisotopic (exact) mass is 175 g/mol. The largest absolute Gasteiger partial charge is 0.326 e. The number of hydrogen-bond acceptors (Lipinski definition) is 1. The van der Waals surface area contributed by atoms with Gasteiger partial charge in [0, 0.05) is 5.69 Å². The first-order chi connectivity index (χ1) is 6.29. The van der Waals surface area contributed by atoms with E-state index in [9.17, 15) is 4.79 Å². The van der Waals surface area contributed by atoms with Crippen LogP contribution in [0.4, 0.5) is 5.69 Å². The number of hydrogen-bond donors (Lipinski definition) is 1. The lowest BCUT2D eigenvalue weighted by atomic mass is 10.1. The van der Waals surface area contributed by atoms with E-state index in [0.29, 0.717) is 6.42 Å². The lowest BCUT2D eigenvalue weighted by Gasteiger charge is -2.01. The van der Waals surface area contributed by atoms with Gasteiger partial charge in [-0.3, -0.25) is 4.79 Å². The summed E-state index contributed by atoms with van der Waals surface area (Å²) < 4.78 is 0. The minimum Gasteiger partial charge on any atom is -0.326 e. The third kappa shape index (κ3) is 1.57. The van der Waals surface area contributed by atoms with Crippen LogP contribution >= 0.6 is 0 Å². The summed E-state index contributed by atoms with van der Waals surface area (Å²) in [7, 11) is 0. The maximum absolute atomic E-state index is 11.1. The lowest BCUT2D eigenvalue weighted by Crippen LogP contribution is -2.03. The number of amides is 1. The fourth-order valence-corrected chi connectivity index (χ4v) is 1.73. The molecule has 0 aliphatic carbocycles.